The monoisotopic (exact) mass is 92.0 g/mol. The van der Waals surface area contributed by atoms with Crippen molar-refractivity contribution in [3.8, 4) is 0 Å². The molecule has 0 aliphatic heterocycles. The molecule has 0 amide bonds. The van der Waals surface area contributed by atoms with Crippen LogP contribution in [0.1, 0.15) is 0 Å². The first-order valence-corrected chi connectivity index (χ1v) is 1.48. The lowest BCUT2D eigenvalue weighted by molar-refractivity contribution is 1.45. The Balaban J connectivity index is 3.14. The summed E-state index contributed by atoms with van der Waals surface area (Å²) in [5, 5.41) is 0.130. The summed E-state index contributed by atoms with van der Waals surface area (Å²) in [5.74, 6) is 0. The van der Waals surface area contributed by atoms with Crippen LogP contribution in [0.5, 0.6) is 0 Å². The van der Waals surface area contributed by atoms with Crippen molar-refractivity contribution in [1.82, 2.24) is 0 Å². The van der Waals surface area contributed by atoms with Gasteiger partial charge in [0.2, 0.25) is 0 Å². The van der Waals surface area contributed by atoms with E-state index in [4.69, 9.17) is 23.1 Å². The van der Waals surface area contributed by atoms with Gasteiger partial charge in [-0.15, -0.1) is 0 Å². The molecule has 0 aromatic heterocycles. The molecule has 0 aromatic carbocycles. The van der Waals surface area contributed by atoms with Crippen LogP contribution in [0.4, 0.5) is 0 Å². The fraction of sp³-hybridized carbons (Fsp3) is 0. The van der Waals surface area contributed by atoms with Gasteiger partial charge in [0.1, 0.15) is 5.16 Å². The van der Waals surface area contributed by atoms with Crippen LogP contribution in [0.25, 0.3) is 0 Å². The molecule has 0 fully saturated rings. The van der Waals surface area contributed by atoms with Crippen LogP contribution in [-0.2, 0) is 0 Å². The summed E-state index contributed by atoms with van der Waals surface area (Å²) in [4.78, 5) is 0. The van der Waals surface area contributed by atoms with Gasteiger partial charge in [-0.05, 0) is 0 Å². The first kappa shape index (κ1) is 4.63. The van der Waals surface area contributed by atoms with Crippen molar-refractivity contribution in [2.24, 2.45) is 11.5 Å². The number of hydrogen-bond acceptors (Lipinski definition) is 2. The minimum atomic E-state index is 0.130. The zero-order chi connectivity index (χ0) is 4.28. The van der Waals surface area contributed by atoms with Crippen molar-refractivity contribution < 1.29 is 0 Å². The molecule has 0 atom stereocenters. The molecule has 30 valence electrons. The summed E-state index contributed by atoms with van der Waals surface area (Å²) in [6.07, 6.45) is 1.13. The first-order valence-electron chi connectivity index (χ1n) is 1.10. The molecule has 0 rings (SSSR count). The average molecular weight is 92.5 g/mol. The highest BCUT2D eigenvalue weighted by atomic mass is 35.5. The summed E-state index contributed by atoms with van der Waals surface area (Å²) in [6.45, 7) is 0. The molecule has 0 saturated heterocycles. The standard InChI is InChI=1S/C2H5ClN2/c3-2(5)1-4/h1H,4-5H2. The summed E-state index contributed by atoms with van der Waals surface area (Å²) in [7, 11) is 0. The number of hydrogen-bond donors (Lipinski definition) is 2. The topological polar surface area (TPSA) is 52.0 Å². The van der Waals surface area contributed by atoms with Gasteiger partial charge in [-0.1, -0.05) is 11.6 Å². The van der Waals surface area contributed by atoms with Gasteiger partial charge in [0.15, 0.2) is 0 Å². The number of rotatable bonds is 0. The second-order valence-corrected chi connectivity index (χ2v) is 0.988. The normalized spacial score (nSPS) is 11.8. The third kappa shape index (κ3) is 3.63. The molecule has 3 heteroatoms. The Morgan fingerprint density at radius 1 is 1.80 bits per heavy atom. The molecule has 0 aliphatic rings. The van der Waals surface area contributed by atoms with Gasteiger partial charge in [-0.3, -0.25) is 0 Å². The fourth-order valence-corrected chi connectivity index (χ4v) is 0. The molecule has 0 saturated carbocycles. The third-order valence-electron chi connectivity index (χ3n) is 0.159. The first-order chi connectivity index (χ1) is 2.27. The average Bonchev–Trinajstić information content (AvgIpc) is 1.38. The SMILES string of the molecule is NC=C(N)Cl. The highest BCUT2D eigenvalue weighted by Crippen LogP contribution is 1.80. The summed E-state index contributed by atoms with van der Waals surface area (Å²) in [5.41, 5.74) is 9.55. The second kappa shape index (κ2) is 1.91. The van der Waals surface area contributed by atoms with E-state index in [0.29, 0.717) is 0 Å². The van der Waals surface area contributed by atoms with Crippen LogP contribution in [0.15, 0.2) is 11.4 Å². The van der Waals surface area contributed by atoms with Crippen LogP contribution >= 0.6 is 11.6 Å². The van der Waals surface area contributed by atoms with E-state index < -0.39 is 0 Å². The Labute approximate surface area is 35.4 Å². The van der Waals surface area contributed by atoms with Gasteiger partial charge in [0.05, 0.1) is 0 Å². The minimum Gasteiger partial charge on any atom is -0.402 e. The van der Waals surface area contributed by atoms with Crippen LogP contribution < -0.4 is 11.5 Å². The van der Waals surface area contributed by atoms with Crippen molar-refractivity contribution in [2.45, 2.75) is 0 Å². The molecule has 0 aromatic rings. The Morgan fingerprint density at radius 2 is 2.00 bits per heavy atom. The lowest BCUT2D eigenvalue weighted by Gasteiger charge is -1.73. The molecule has 2 nitrogen and oxygen atoms in total. The van der Waals surface area contributed by atoms with Gasteiger partial charge in [-0.2, -0.15) is 0 Å². The molecule has 4 N–H and O–H groups in total. The molecular formula is C2H5ClN2. The van der Waals surface area contributed by atoms with E-state index in [2.05, 4.69) is 0 Å². The predicted molar refractivity (Wildman–Crippen MR) is 22.3 cm³/mol. The quantitative estimate of drug-likeness (QED) is 0.412. The van der Waals surface area contributed by atoms with E-state index in [1.54, 1.807) is 0 Å². The molecule has 0 heterocycles. The Hall–Kier alpha value is -0.370. The van der Waals surface area contributed by atoms with E-state index in [1.165, 1.54) is 0 Å². The third-order valence-corrected chi connectivity index (χ3v) is 0.285. The molecule has 0 aliphatic carbocycles. The Morgan fingerprint density at radius 3 is 2.00 bits per heavy atom. The summed E-state index contributed by atoms with van der Waals surface area (Å²) < 4.78 is 0. The lowest BCUT2D eigenvalue weighted by Crippen LogP contribution is -1.90. The zero-order valence-corrected chi connectivity index (χ0v) is 3.37. The van der Waals surface area contributed by atoms with Gasteiger partial charge < -0.3 is 11.5 Å². The van der Waals surface area contributed by atoms with Gasteiger partial charge in [0.25, 0.3) is 0 Å². The van der Waals surface area contributed by atoms with Crippen LogP contribution in [-0.4, -0.2) is 0 Å². The Bertz CT molecular complexity index is 45.6. The van der Waals surface area contributed by atoms with Crippen molar-refractivity contribution >= 4 is 11.6 Å². The van der Waals surface area contributed by atoms with Crippen LogP contribution in [0.3, 0.4) is 0 Å². The maximum Gasteiger partial charge on any atom is 0.115 e. The smallest absolute Gasteiger partial charge is 0.115 e. The largest absolute Gasteiger partial charge is 0.402 e. The predicted octanol–water partition coefficient (Wildman–Crippen LogP) is -0.0585. The van der Waals surface area contributed by atoms with E-state index in [0.717, 1.165) is 6.20 Å². The molecule has 0 spiro atoms. The Kier molecular flexibility index (Phi) is 1.76. The highest BCUT2D eigenvalue weighted by Gasteiger charge is 1.64. The van der Waals surface area contributed by atoms with Crippen LogP contribution in [0.2, 0.25) is 0 Å². The van der Waals surface area contributed by atoms with Crippen molar-refractivity contribution in [3.05, 3.63) is 11.4 Å². The second-order valence-electron chi connectivity index (χ2n) is 0.552. The van der Waals surface area contributed by atoms with Crippen molar-refractivity contribution in [3.63, 3.8) is 0 Å². The number of halogens is 1. The van der Waals surface area contributed by atoms with Gasteiger partial charge in [0, 0.05) is 6.20 Å². The maximum atomic E-state index is 4.98. The summed E-state index contributed by atoms with van der Waals surface area (Å²) >= 11 is 4.98. The summed E-state index contributed by atoms with van der Waals surface area (Å²) in [6, 6.07) is 0. The zero-order valence-electron chi connectivity index (χ0n) is 2.61. The number of nitrogens with two attached hydrogens (primary N) is 2. The lowest BCUT2D eigenvalue weighted by atomic mass is 11.0. The van der Waals surface area contributed by atoms with E-state index in [1.807, 2.05) is 0 Å². The van der Waals surface area contributed by atoms with Crippen molar-refractivity contribution in [1.29, 1.82) is 0 Å². The molecule has 0 unspecified atom stereocenters. The van der Waals surface area contributed by atoms with E-state index in [-0.39, 0.29) is 5.16 Å². The molecule has 5 heavy (non-hydrogen) atoms. The molecular weight excluding hydrogens is 87.5 g/mol. The van der Waals surface area contributed by atoms with Gasteiger partial charge >= 0.3 is 0 Å². The fourth-order valence-electron chi connectivity index (χ4n) is 0. The van der Waals surface area contributed by atoms with Gasteiger partial charge in [-0.25, -0.2) is 0 Å². The maximum absolute atomic E-state index is 4.98. The van der Waals surface area contributed by atoms with E-state index >= 15 is 0 Å². The van der Waals surface area contributed by atoms with Crippen molar-refractivity contribution in [2.75, 3.05) is 0 Å². The molecule has 0 radical (unpaired) electrons. The van der Waals surface area contributed by atoms with Crippen LogP contribution in [0, 0.1) is 0 Å². The highest BCUT2D eigenvalue weighted by molar-refractivity contribution is 6.28. The minimum absolute atomic E-state index is 0.130. The van der Waals surface area contributed by atoms with E-state index in [9.17, 15) is 0 Å². The molecule has 0 bridgehead atoms.